The Balaban J connectivity index is 2.16. The average molecular weight is 238 g/mol. The number of benzene rings is 2. The molecule has 0 fully saturated rings. The molecule has 0 aliphatic carbocycles. The van der Waals surface area contributed by atoms with Crippen LogP contribution in [-0.4, -0.2) is 26.7 Å². The van der Waals surface area contributed by atoms with Crippen LogP contribution in [-0.2, 0) is 0 Å². The Hall–Kier alpha value is -2.11. The fraction of sp³-hybridized carbons (Fsp3) is 0. The van der Waals surface area contributed by atoms with Gasteiger partial charge in [-0.2, -0.15) is 0 Å². The van der Waals surface area contributed by atoms with Gasteiger partial charge in [-0.15, -0.1) is 0 Å². The van der Waals surface area contributed by atoms with Gasteiger partial charge in [0.1, 0.15) is 6.33 Å². The number of nitrogens with zero attached hydrogens (tertiary/aromatic N) is 2. The lowest BCUT2D eigenvalue weighted by Crippen LogP contribution is -2.29. The molecule has 0 spiro atoms. The molecule has 0 saturated carbocycles. The molecule has 88 valence electrons. The number of rotatable bonds is 2. The summed E-state index contributed by atoms with van der Waals surface area (Å²) in [5.74, 6) is 0. The zero-order chi connectivity index (χ0) is 12.5. The van der Waals surface area contributed by atoms with Crippen molar-refractivity contribution in [1.29, 1.82) is 0 Å². The van der Waals surface area contributed by atoms with Gasteiger partial charge in [-0.05, 0) is 29.7 Å². The molecule has 0 unspecified atom stereocenters. The van der Waals surface area contributed by atoms with Gasteiger partial charge in [-0.3, -0.25) is 4.57 Å². The van der Waals surface area contributed by atoms with Crippen LogP contribution in [0.5, 0.6) is 0 Å². The molecule has 0 saturated heterocycles. The lowest BCUT2D eigenvalue weighted by atomic mass is 9.80. The summed E-state index contributed by atoms with van der Waals surface area (Å²) in [6.45, 7) is 0. The Morgan fingerprint density at radius 1 is 1.00 bits per heavy atom. The van der Waals surface area contributed by atoms with Crippen molar-refractivity contribution in [3.63, 3.8) is 0 Å². The second-order valence-corrected chi connectivity index (χ2v) is 4.07. The van der Waals surface area contributed by atoms with Crippen LogP contribution in [0, 0.1) is 0 Å². The van der Waals surface area contributed by atoms with E-state index in [0.29, 0.717) is 5.46 Å². The molecule has 0 aliphatic rings. The van der Waals surface area contributed by atoms with E-state index in [2.05, 4.69) is 4.98 Å². The number of hydrogen-bond donors (Lipinski definition) is 2. The third-order valence-electron chi connectivity index (χ3n) is 2.90. The van der Waals surface area contributed by atoms with E-state index in [1.807, 2.05) is 41.0 Å². The summed E-state index contributed by atoms with van der Waals surface area (Å²) >= 11 is 0. The summed E-state index contributed by atoms with van der Waals surface area (Å²) in [5.41, 5.74) is 3.15. The first kappa shape index (κ1) is 11.0. The first-order valence-electron chi connectivity index (χ1n) is 5.64. The molecule has 4 nitrogen and oxygen atoms in total. The summed E-state index contributed by atoms with van der Waals surface area (Å²) in [5, 5.41) is 18.3. The zero-order valence-electron chi connectivity index (χ0n) is 9.56. The highest BCUT2D eigenvalue weighted by molar-refractivity contribution is 6.58. The molecule has 0 radical (unpaired) electrons. The van der Waals surface area contributed by atoms with Crippen molar-refractivity contribution < 1.29 is 10.0 Å². The van der Waals surface area contributed by atoms with Crippen LogP contribution in [0.1, 0.15) is 0 Å². The van der Waals surface area contributed by atoms with E-state index in [4.69, 9.17) is 10.0 Å². The number of hydrogen-bond acceptors (Lipinski definition) is 3. The molecule has 5 heteroatoms. The summed E-state index contributed by atoms with van der Waals surface area (Å²) in [6, 6.07) is 15.1. The van der Waals surface area contributed by atoms with Crippen molar-refractivity contribution >= 4 is 23.6 Å². The Labute approximate surface area is 104 Å². The van der Waals surface area contributed by atoms with Crippen LogP contribution in [0.15, 0.2) is 54.9 Å². The van der Waals surface area contributed by atoms with Gasteiger partial charge in [-0.25, -0.2) is 4.98 Å². The molecular weight excluding hydrogens is 227 g/mol. The molecular formula is C13H11BN2O2. The van der Waals surface area contributed by atoms with Crippen molar-refractivity contribution in [2.24, 2.45) is 0 Å². The van der Waals surface area contributed by atoms with Crippen LogP contribution >= 0.6 is 0 Å². The first-order chi connectivity index (χ1) is 8.75. The fourth-order valence-corrected chi connectivity index (χ4v) is 1.98. The molecule has 3 aromatic rings. The quantitative estimate of drug-likeness (QED) is 0.646. The molecule has 2 N–H and O–H groups in total. The van der Waals surface area contributed by atoms with Crippen molar-refractivity contribution in [2.45, 2.75) is 0 Å². The highest BCUT2D eigenvalue weighted by atomic mass is 16.4. The number of fused-ring (bicyclic) bond motifs is 1. The normalized spacial score (nSPS) is 10.8. The van der Waals surface area contributed by atoms with Gasteiger partial charge in [0.05, 0.1) is 11.0 Å². The predicted molar refractivity (Wildman–Crippen MR) is 70.9 cm³/mol. The molecule has 0 atom stereocenters. The van der Waals surface area contributed by atoms with Gasteiger partial charge in [0.25, 0.3) is 0 Å². The van der Waals surface area contributed by atoms with E-state index >= 15 is 0 Å². The van der Waals surface area contributed by atoms with Crippen molar-refractivity contribution in [3.05, 3.63) is 54.9 Å². The van der Waals surface area contributed by atoms with Crippen LogP contribution < -0.4 is 5.46 Å². The van der Waals surface area contributed by atoms with E-state index in [1.54, 1.807) is 18.5 Å². The summed E-state index contributed by atoms with van der Waals surface area (Å²) in [4.78, 5) is 4.28. The minimum absolute atomic E-state index is 0.445. The summed E-state index contributed by atoms with van der Waals surface area (Å²) in [6.07, 6.45) is 1.73. The molecule has 1 aromatic heterocycles. The number of para-hydroxylation sites is 1. The highest BCUT2D eigenvalue weighted by Crippen LogP contribution is 2.16. The maximum Gasteiger partial charge on any atom is 0.488 e. The zero-order valence-corrected chi connectivity index (χ0v) is 9.56. The lowest BCUT2D eigenvalue weighted by molar-refractivity contribution is 0.426. The Kier molecular flexibility index (Phi) is 2.62. The van der Waals surface area contributed by atoms with E-state index in [9.17, 15) is 0 Å². The van der Waals surface area contributed by atoms with E-state index in [0.717, 1.165) is 16.7 Å². The Bertz CT molecular complexity index is 680. The van der Waals surface area contributed by atoms with E-state index in [1.165, 1.54) is 0 Å². The summed E-state index contributed by atoms with van der Waals surface area (Å²) < 4.78 is 1.96. The molecule has 3 rings (SSSR count). The standard InChI is InChI=1S/C13H11BN2O2/c17-14(18)10-6-7-13-12(8-10)15-9-16(13)11-4-2-1-3-5-11/h1-9,17-18H. The fourth-order valence-electron chi connectivity index (χ4n) is 1.98. The maximum absolute atomic E-state index is 9.13. The SMILES string of the molecule is OB(O)c1ccc2c(c1)ncn2-c1ccccc1. The topological polar surface area (TPSA) is 58.3 Å². The third-order valence-corrected chi connectivity index (χ3v) is 2.90. The molecule has 1 heterocycles. The van der Waals surface area contributed by atoms with Crippen LogP contribution in [0.4, 0.5) is 0 Å². The smallest absolute Gasteiger partial charge is 0.423 e. The second-order valence-electron chi connectivity index (χ2n) is 4.07. The maximum atomic E-state index is 9.13. The Morgan fingerprint density at radius 2 is 1.78 bits per heavy atom. The van der Waals surface area contributed by atoms with Crippen molar-refractivity contribution in [2.75, 3.05) is 0 Å². The minimum atomic E-state index is -1.46. The monoisotopic (exact) mass is 238 g/mol. The number of aromatic nitrogens is 2. The van der Waals surface area contributed by atoms with Gasteiger partial charge in [0, 0.05) is 5.69 Å². The van der Waals surface area contributed by atoms with Crippen LogP contribution in [0.2, 0.25) is 0 Å². The van der Waals surface area contributed by atoms with Gasteiger partial charge in [0.2, 0.25) is 0 Å². The van der Waals surface area contributed by atoms with Crippen molar-refractivity contribution in [3.8, 4) is 5.69 Å². The van der Waals surface area contributed by atoms with Crippen molar-refractivity contribution in [1.82, 2.24) is 9.55 Å². The highest BCUT2D eigenvalue weighted by Gasteiger charge is 2.13. The molecule has 0 bridgehead atoms. The molecule has 2 aromatic carbocycles. The largest absolute Gasteiger partial charge is 0.488 e. The molecule has 18 heavy (non-hydrogen) atoms. The predicted octanol–water partition coefficient (Wildman–Crippen LogP) is 0.705. The third kappa shape index (κ3) is 1.79. The van der Waals surface area contributed by atoms with Gasteiger partial charge in [-0.1, -0.05) is 24.3 Å². The van der Waals surface area contributed by atoms with Gasteiger partial charge >= 0.3 is 7.12 Å². The van der Waals surface area contributed by atoms with Crippen LogP contribution in [0.25, 0.3) is 16.7 Å². The van der Waals surface area contributed by atoms with E-state index < -0.39 is 7.12 Å². The first-order valence-corrected chi connectivity index (χ1v) is 5.64. The number of imidazole rings is 1. The van der Waals surface area contributed by atoms with Crippen LogP contribution in [0.3, 0.4) is 0 Å². The Morgan fingerprint density at radius 3 is 2.50 bits per heavy atom. The molecule has 0 amide bonds. The molecule has 0 aliphatic heterocycles. The lowest BCUT2D eigenvalue weighted by Gasteiger charge is -2.04. The van der Waals surface area contributed by atoms with Gasteiger partial charge < -0.3 is 10.0 Å². The average Bonchev–Trinajstić information content (AvgIpc) is 2.82. The van der Waals surface area contributed by atoms with E-state index in [-0.39, 0.29) is 0 Å². The van der Waals surface area contributed by atoms with Gasteiger partial charge in [0.15, 0.2) is 0 Å². The minimum Gasteiger partial charge on any atom is -0.423 e. The second kappa shape index (κ2) is 4.29. The summed E-state index contributed by atoms with van der Waals surface area (Å²) in [7, 11) is -1.46.